The van der Waals surface area contributed by atoms with Gasteiger partial charge in [0.15, 0.2) is 5.11 Å². The third-order valence-corrected chi connectivity index (χ3v) is 3.12. The summed E-state index contributed by atoms with van der Waals surface area (Å²) in [6.07, 6.45) is 0.979. The number of hydrogen-bond acceptors (Lipinski definition) is 3. The van der Waals surface area contributed by atoms with Gasteiger partial charge in [0.05, 0.1) is 36.3 Å². The van der Waals surface area contributed by atoms with Crippen molar-refractivity contribution < 1.29 is 9.82 Å². The summed E-state index contributed by atoms with van der Waals surface area (Å²) < 4.78 is 0. The summed E-state index contributed by atoms with van der Waals surface area (Å²) in [7, 11) is 4.17. The number of rotatable bonds is 6. The molecule has 0 spiro atoms. The van der Waals surface area contributed by atoms with Crippen LogP contribution in [-0.4, -0.2) is 37.2 Å². The van der Waals surface area contributed by atoms with E-state index in [-0.39, 0.29) is 5.69 Å². The summed E-state index contributed by atoms with van der Waals surface area (Å²) >= 11 is 11.1. The summed E-state index contributed by atoms with van der Waals surface area (Å²) in [6.45, 7) is 1.77. The molecule has 0 saturated heterocycles. The van der Waals surface area contributed by atoms with Crippen molar-refractivity contribution in [2.75, 3.05) is 32.5 Å². The topological polar surface area (TPSA) is 71.6 Å². The molecule has 6 nitrogen and oxygen atoms in total. The van der Waals surface area contributed by atoms with E-state index < -0.39 is 4.92 Å². The van der Waals surface area contributed by atoms with Crippen LogP contribution in [0.2, 0.25) is 5.02 Å². The van der Waals surface area contributed by atoms with Crippen LogP contribution in [0.3, 0.4) is 0 Å². The molecular weight excluding hydrogens is 300 g/mol. The van der Waals surface area contributed by atoms with Crippen LogP contribution in [0.5, 0.6) is 0 Å². The van der Waals surface area contributed by atoms with E-state index in [0.29, 0.717) is 15.8 Å². The number of hydrogen-bond donors (Lipinski definition) is 3. The van der Waals surface area contributed by atoms with Crippen molar-refractivity contribution in [2.24, 2.45) is 0 Å². The molecule has 0 bridgehead atoms. The van der Waals surface area contributed by atoms with Crippen molar-refractivity contribution in [1.29, 1.82) is 0 Å². The highest BCUT2D eigenvalue weighted by Crippen LogP contribution is 2.26. The van der Waals surface area contributed by atoms with Crippen molar-refractivity contribution in [1.82, 2.24) is 5.32 Å². The highest BCUT2D eigenvalue weighted by Gasteiger charge is 2.10. The molecule has 0 radical (unpaired) electrons. The van der Waals surface area contributed by atoms with Crippen LogP contribution < -0.4 is 15.5 Å². The Hall–Kier alpha value is -1.44. The number of quaternary nitrogens is 1. The molecule has 110 valence electrons. The van der Waals surface area contributed by atoms with E-state index in [1.165, 1.54) is 23.1 Å². The first-order valence-corrected chi connectivity index (χ1v) is 6.96. The lowest BCUT2D eigenvalue weighted by Crippen LogP contribution is -3.05. The van der Waals surface area contributed by atoms with Crippen LogP contribution in [0, 0.1) is 10.1 Å². The third-order valence-electron chi connectivity index (χ3n) is 2.55. The predicted octanol–water partition coefficient (Wildman–Crippen LogP) is 1.07. The normalized spacial score (nSPS) is 10.4. The smallest absolute Gasteiger partial charge is 0.271 e. The first-order valence-electron chi connectivity index (χ1n) is 6.18. The number of halogens is 1. The second kappa shape index (κ2) is 7.98. The fraction of sp³-hybridized carbons (Fsp3) is 0.417. The SMILES string of the molecule is C[NH+](C)CCCNC(=S)Nc1cc([N+](=O)[O-])ccc1Cl. The third kappa shape index (κ3) is 5.68. The molecule has 1 rings (SSSR count). The quantitative estimate of drug-likeness (QED) is 0.317. The minimum absolute atomic E-state index is 0.0316. The average Bonchev–Trinajstić information content (AvgIpc) is 2.37. The van der Waals surface area contributed by atoms with Crippen LogP contribution in [0.25, 0.3) is 0 Å². The van der Waals surface area contributed by atoms with E-state index in [0.717, 1.165) is 19.5 Å². The van der Waals surface area contributed by atoms with Gasteiger partial charge in [-0.2, -0.15) is 0 Å². The zero-order valence-corrected chi connectivity index (χ0v) is 13.0. The van der Waals surface area contributed by atoms with Gasteiger partial charge in [-0.05, 0) is 18.3 Å². The number of nitro benzene ring substituents is 1. The second-order valence-corrected chi connectivity index (χ2v) is 5.43. The molecule has 1 aromatic carbocycles. The van der Waals surface area contributed by atoms with Crippen molar-refractivity contribution in [3.63, 3.8) is 0 Å². The highest BCUT2D eigenvalue weighted by atomic mass is 35.5. The summed E-state index contributed by atoms with van der Waals surface area (Å²) in [5.41, 5.74) is 0.396. The predicted molar refractivity (Wildman–Crippen MR) is 84.6 cm³/mol. The minimum atomic E-state index is -0.474. The Labute approximate surface area is 128 Å². The van der Waals surface area contributed by atoms with E-state index in [1.54, 1.807) is 0 Å². The Morgan fingerprint density at radius 1 is 1.50 bits per heavy atom. The number of nitro groups is 1. The Balaban J connectivity index is 2.53. The van der Waals surface area contributed by atoms with Crippen molar-refractivity contribution in [3.8, 4) is 0 Å². The number of nitrogens with one attached hydrogen (secondary N) is 3. The zero-order chi connectivity index (χ0) is 15.1. The first-order chi connectivity index (χ1) is 9.40. The summed E-state index contributed by atoms with van der Waals surface area (Å²) in [4.78, 5) is 11.6. The van der Waals surface area contributed by atoms with Gasteiger partial charge in [-0.3, -0.25) is 10.1 Å². The summed E-state index contributed by atoms with van der Waals surface area (Å²) in [5, 5.41) is 17.4. The number of anilines is 1. The van der Waals surface area contributed by atoms with Gasteiger partial charge in [0.1, 0.15) is 0 Å². The summed E-state index contributed by atoms with van der Waals surface area (Å²) in [5.74, 6) is 0. The number of non-ortho nitro benzene ring substituents is 1. The maximum atomic E-state index is 10.7. The highest BCUT2D eigenvalue weighted by molar-refractivity contribution is 7.80. The molecule has 0 aliphatic heterocycles. The first kappa shape index (κ1) is 16.6. The fourth-order valence-corrected chi connectivity index (χ4v) is 1.91. The van der Waals surface area contributed by atoms with Crippen LogP contribution in [-0.2, 0) is 0 Å². The maximum absolute atomic E-state index is 10.7. The van der Waals surface area contributed by atoms with Crippen LogP contribution in [0.1, 0.15) is 6.42 Å². The molecule has 20 heavy (non-hydrogen) atoms. The van der Waals surface area contributed by atoms with E-state index >= 15 is 0 Å². The lowest BCUT2D eigenvalue weighted by Gasteiger charge is -2.12. The van der Waals surface area contributed by atoms with Gasteiger partial charge < -0.3 is 15.5 Å². The van der Waals surface area contributed by atoms with Gasteiger partial charge in [-0.25, -0.2) is 0 Å². The fourth-order valence-electron chi connectivity index (χ4n) is 1.53. The van der Waals surface area contributed by atoms with Crippen molar-refractivity contribution in [3.05, 3.63) is 33.3 Å². The van der Waals surface area contributed by atoms with E-state index in [1.807, 2.05) is 0 Å². The molecule has 0 amide bonds. The number of nitrogens with zero attached hydrogens (tertiary/aromatic N) is 1. The molecule has 0 heterocycles. The Kier molecular flexibility index (Phi) is 6.63. The van der Waals surface area contributed by atoms with Crippen molar-refractivity contribution >= 4 is 40.3 Å². The van der Waals surface area contributed by atoms with E-state index in [2.05, 4.69) is 24.7 Å². The molecule has 0 aliphatic rings. The molecule has 0 aromatic heterocycles. The van der Waals surface area contributed by atoms with Gasteiger partial charge in [0.25, 0.3) is 5.69 Å². The van der Waals surface area contributed by atoms with Crippen molar-refractivity contribution in [2.45, 2.75) is 6.42 Å². The number of thiocarbonyl (C=S) groups is 1. The molecule has 0 fully saturated rings. The average molecular weight is 318 g/mol. The standard InChI is InChI=1S/C12H17ClN4O2S/c1-16(2)7-3-6-14-12(20)15-11-8-9(17(18)19)4-5-10(11)13/h4-5,8H,3,6-7H2,1-2H3,(H2,14,15,20)/p+1. The second-order valence-electron chi connectivity index (χ2n) is 4.61. The molecular formula is C12H18ClN4O2S+. The lowest BCUT2D eigenvalue weighted by atomic mass is 10.3. The molecule has 1 aromatic rings. The Morgan fingerprint density at radius 2 is 2.20 bits per heavy atom. The molecule has 0 saturated carbocycles. The Morgan fingerprint density at radius 3 is 2.80 bits per heavy atom. The number of benzene rings is 1. The van der Waals surface area contributed by atoms with Gasteiger partial charge in [0.2, 0.25) is 0 Å². The molecule has 0 unspecified atom stereocenters. The molecule has 3 N–H and O–H groups in total. The van der Waals surface area contributed by atoms with Crippen LogP contribution in [0.4, 0.5) is 11.4 Å². The largest absolute Gasteiger partial charge is 0.362 e. The Bertz CT molecular complexity index is 496. The van der Waals surface area contributed by atoms with E-state index in [9.17, 15) is 10.1 Å². The zero-order valence-electron chi connectivity index (χ0n) is 11.4. The molecule has 0 atom stereocenters. The monoisotopic (exact) mass is 317 g/mol. The van der Waals surface area contributed by atoms with Crippen LogP contribution in [0.15, 0.2) is 18.2 Å². The molecule has 8 heteroatoms. The van der Waals surface area contributed by atoms with E-state index in [4.69, 9.17) is 23.8 Å². The molecule has 0 aliphatic carbocycles. The van der Waals surface area contributed by atoms with Gasteiger partial charge in [0, 0.05) is 25.1 Å². The lowest BCUT2D eigenvalue weighted by molar-refractivity contribution is -0.858. The minimum Gasteiger partial charge on any atom is -0.362 e. The maximum Gasteiger partial charge on any atom is 0.271 e. The van der Waals surface area contributed by atoms with Crippen LogP contribution >= 0.6 is 23.8 Å². The van der Waals surface area contributed by atoms with Gasteiger partial charge in [-0.1, -0.05) is 11.6 Å². The van der Waals surface area contributed by atoms with Gasteiger partial charge in [-0.15, -0.1) is 0 Å². The summed E-state index contributed by atoms with van der Waals surface area (Å²) in [6, 6.07) is 4.18. The van der Waals surface area contributed by atoms with Gasteiger partial charge >= 0.3 is 0 Å².